The van der Waals surface area contributed by atoms with Gasteiger partial charge in [0.15, 0.2) is 0 Å². The lowest BCUT2D eigenvalue weighted by Crippen LogP contribution is -2.53. The summed E-state index contributed by atoms with van der Waals surface area (Å²) in [6.45, 7) is 5.41. The average Bonchev–Trinajstić information content (AvgIpc) is 2.40. The third-order valence-electron chi connectivity index (χ3n) is 3.01. The lowest BCUT2D eigenvalue weighted by Gasteiger charge is -2.29. The molecule has 1 aliphatic rings. The number of benzene rings is 1. The van der Waals surface area contributed by atoms with E-state index in [1.54, 1.807) is 11.8 Å². The van der Waals surface area contributed by atoms with Gasteiger partial charge in [0, 0.05) is 17.1 Å². The van der Waals surface area contributed by atoms with Crippen molar-refractivity contribution in [1.82, 2.24) is 5.32 Å². The van der Waals surface area contributed by atoms with Gasteiger partial charge in [-0.1, -0.05) is 13.0 Å². The lowest BCUT2D eigenvalue weighted by molar-refractivity contribution is -0.123. The second-order valence-electron chi connectivity index (χ2n) is 4.46. The Balaban J connectivity index is 0.00000200. The molecule has 2 atom stereocenters. The third-order valence-corrected chi connectivity index (χ3v) is 3.89. The summed E-state index contributed by atoms with van der Waals surface area (Å²) in [6.07, 6.45) is -0.0954. The van der Waals surface area contributed by atoms with Crippen molar-refractivity contribution in [3.05, 3.63) is 24.3 Å². The normalized spacial score (nSPS) is 21.9. The van der Waals surface area contributed by atoms with Crippen molar-refractivity contribution >= 4 is 35.8 Å². The molecule has 1 fully saturated rings. The molecular formula is C14H21ClN2O2S. The van der Waals surface area contributed by atoms with Crippen molar-refractivity contribution in [3.63, 3.8) is 0 Å². The second kappa shape index (κ2) is 8.52. The van der Waals surface area contributed by atoms with E-state index < -0.39 is 0 Å². The summed E-state index contributed by atoms with van der Waals surface area (Å²) in [7, 11) is 0. The number of thioether (sulfide) groups is 1. The zero-order chi connectivity index (χ0) is 13.7. The maximum Gasteiger partial charge on any atom is 0.244 e. The second-order valence-corrected chi connectivity index (χ2v) is 5.80. The Labute approximate surface area is 130 Å². The van der Waals surface area contributed by atoms with Gasteiger partial charge in [-0.15, -0.1) is 24.2 Å². The van der Waals surface area contributed by atoms with E-state index in [1.165, 1.54) is 4.90 Å². The van der Waals surface area contributed by atoms with Gasteiger partial charge in [-0.2, -0.15) is 0 Å². The Kier molecular flexibility index (Phi) is 7.37. The van der Waals surface area contributed by atoms with Crippen LogP contribution in [0.15, 0.2) is 29.2 Å². The Morgan fingerprint density at radius 2 is 2.35 bits per heavy atom. The average molecular weight is 317 g/mol. The van der Waals surface area contributed by atoms with Gasteiger partial charge in [0.05, 0.1) is 12.7 Å². The molecule has 0 unspecified atom stereocenters. The minimum atomic E-state index is -0.281. The van der Waals surface area contributed by atoms with E-state index in [0.717, 1.165) is 11.4 Å². The SMILES string of the molecule is CCSc1cccc(NC(=O)[C@H]2NCCO[C@@H]2C)c1.Cl. The molecule has 6 heteroatoms. The van der Waals surface area contributed by atoms with E-state index in [0.29, 0.717) is 13.2 Å². The zero-order valence-electron chi connectivity index (χ0n) is 11.7. The number of amides is 1. The predicted molar refractivity (Wildman–Crippen MR) is 85.9 cm³/mol. The van der Waals surface area contributed by atoms with E-state index in [4.69, 9.17) is 4.74 Å². The van der Waals surface area contributed by atoms with Crippen molar-refractivity contribution in [2.75, 3.05) is 24.2 Å². The number of nitrogens with one attached hydrogen (secondary N) is 2. The molecule has 0 aromatic heterocycles. The van der Waals surface area contributed by atoms with Gasteiger partial charge in [-0.25, -0.2) is 0 Å². The van der Waals surface area contributed by atoms with Gasteiger partial charge in [-0.05, 0) is 30.9 Å². The molecule has 20 heavy (non-hydrogen) atoms. The van der Waals surface area contributed by atoms with Crippen LogP contribution in [0.2, 0.25) is 0 Å². The molecule has 1 aromatic carbocycles. The number of hydrogen-bond donors (Lipinski definition) is 2. The zero-order valence-corrected chi connectivity index (χ0v) is 13.4. The Bertz CT molecular complexity index is 445. The Hall–Kier alpha value is -0.750. The van der Waals surface area contributed by atoms with Crippen LogP contribution in [-0.2, 0) is 9.53 Å². The fourth-order valence-electron chi connectivity index (χ4n) is 2.08. The van der Waals surface area contributed by atoms with E-state index in [9.17, 15) is 4.79 Å². The Morgan fingerprint density at radius 1 is 1.55 bits per heavy atom. The molecule has 0 spiro atoms. The summed E-state index contributed by atoms with van der Waals surface area (Å²) in [4.78, 5) is 13.4. The molecular weight excluding hydrogens is 296 g/mol. The van der Waals surface area contributed by atoms with Crippen molar-refractivity contribution in [2.45, 2.75) is 30.9 Å². The largest absolute Gasteiger partial charge is 0.375 e. The molecule has 1 saturated heterocycles. The number of hydrogen-bond acceptors (Lipinski definition) is 4. The van der Waals surface area contributed by atoms with Crippen LogP contribution in [0.4, 0.5) is 5.69 Å². The Morgan fingerprint density at radius 3 is 3.05 bits per heavy atom. The first-order valence-electron chi connectivity index (χ1n) is 6.59. The highest BCUT2D eigenvalue weighted by Crippen LogP contribution is 2.21. The number of carbonyl (C=O) groups is 1. The van der Waals surface area contributed by atoms with Crippen LogP contribution >= 0.6 is 24.2 Å². The summed E-state index contributed by atoms with van der Waals surface area (Å²) in [6, 6.07) is 7.64. The van der Waals surface area contributed by atoms with Crippen molar-refractivity contribution in [2.24, 2.45) is 0 Å². The van der Waals surface area contributed by atoms with Gasteiger partial charge in [0.1, 0.15) is 6.04 Å². The van der Waals surface area contributed by atoms with E-state index in [-0.39, 0.29) is 30.5 Å². The molecule has 1 aromatic rings. The van der Waals surface area contributed by atoms with Crippen LogP contribution < -0.4 is 10.6 Å². The minimum absolute atomic E-state index is 0. The summed E-state index contributed by atoms with van der Waals surface area (Å²) >= 11 is 1.76. The van der Waals surface area contributed by atoms with Gasteiger partial charge < -0.3 is 15.4 Å². The summed E-state index contributed by atoms with van der Waals surface area (Å²) in [5.74, 6) is 0.984. The number of carbonyl (C=O) groups excluding carboxylic acids is 1. The van der Waals surface area contributed by atoms with Crippen LogP contribution in [0.5, 0.6) is 0 Å². The number of anilines is 1. The smallest absolute Gasteiger partial charge is 0.244 e. The van der Waals surface area contributed by atoms with Crippen LogP contribution in [0.3, 0.4) is 0 Å². The highest BCUT2D eigenvalue weighted by Gasteiger charge is 2.28. The number of morpholine rings is 1. The summed E-state index contributed by atoms with van der Waals surface area (Å²) in [5.41, 5.74) is 0.836. The molecule has 0 saturated carbocycles. The first kappa shape index (κ1) is 17.3. The molecule has 1 aliphatic heterocycles. The molecule has 0 radical (unpaired) electrons. The fraction of sp³-hybridized carbons (Fsp3) is 0.500. The maximum absolute atomic E-state index is 12.2. The first-order chi connectivity index (χ1) is 9.20. The first-order valence-corrected chi connectivity index (χ1v) is 7.58. The molecule has 1 amide bonds. The van der Waals surface area contributed by atoms with Gasteiger partial charge >= 0.3 is 0 Å². The highest BCUT2D eigenvalue weighted by molar-refractivity contribution is 7.99. The van der Waals surface area contributed by atoms with E-state index in [1.807, 2.05) is 25.1 Å². The summed E-state index contributed by atoms with van der Waals surface area (Å²) < 4.78 is 5.48. The van der Waals surface area contributed by atoms with E-state index >= 15 is 0 Å². The highest BCUT2D eigenvalue weighted by atomic mass is 35.5. The molecule has 2 rings (SSSR count). The van der Waals surface area contributed by atoms with Crippen LogP contribution in [0.1, 0.15) is 13.8 Å². The van der Waals surface area contributed by atoms with Gasteiger partial charge in [0.2, 0.25) is 5.91 Å². The quantitative estimate of drug-likeness (QED) is 0.838. The topological polar surface area (TPSA) is 50.4 Å². The van der Waals surface area contributed by atoms with Crippen LogP contribution in [0.25, 0.3) is 0 Å². The number of ether oxygens (including phenoxy) is 1. The lowest BCUT2D eigenvalue weighted by atomic mass is 10.1. The predicted octanol–water partition coefficient (Wildman–Crippen LogP) is 2.54. The van der Waals surface area contributed by atoms with Crippen molar-refractivity contribution < 1.29 is 9.53 Å². The third kappa shape index (κ3) is 4.66. The minimum Gasteiger partial charge on any atom is -0.375 e. The standard InChI is InChI=1S/C14H20N2O2S.ClH/c1-3-19-12-6-4-5-11(9-12)16-14(17)13-10(2)18-8-7-15-13;/h4-6,9-10,13,15H,3,7-8H2,1-2H3,(H,16,17);1H/t10-,13+;/m1./s1. The molecule has 0 aliphatic carbocycles. The van der Waals surface area contributed by atoms with E-state index in [2.05, 4.69) is 23.6 Å². The van der Waals surface area contributed by atoms with Gasteiger partial charge in [-0.3, -0.25) is 4.79 Å². The molecule has 2 N–H and O–H groups in total. The fourth-order valence-corrected chi connectivity index (χ4v) is 2.80. The molecule has 112 valence electrons. The molecule has 4 nitrogen and oxygen atoms in total. The molecule has 0 bridgehead atoms. The van der Waals surface area contributed by atoms with Gasteiger partial charge in [0.25, 0.3) is 0 Å². The maximum atomic E-state index is 12.2. The van der Waals surface area contributed by atoms with Crippen LogP contribution in [-0.4, -0.2) is 37.0 Å². The monoisotopic (exact) mass is 316 g/mol. The number of halogens is 1. The molecule has 1 heterocycles. The number of rotatable bonds is 4. The summed E-state index contributed by atoms with van der Waals surface area (Å²) in [5, 5.41) is 6.13. The van der Waals surface area contributed by atoms with Crippen LogP contribution in [0, 0.1) is 0 Å². The van der Waals surface area contributed by atoms with Crippen molar-refractivity contribution in [1.29, 1.82) is 0 Å². The van der Waals surface area contributed by atoms with Crippen molar-refractivity contribution in [3.8, 4) is 0 Å².